The van der Waals surface area contributed by atoms with Crippen molar-refractivity contribution in [3.63, 3.8) is 0 Å². The maximum Gasteiger partial charge on any atom is 0.0219 e. The Kier molecular flexibility index (Phi) is 5.70. The highest BCUT2D eigenvalue weighted by Crippen LogP contribution is 2.42. The van der Waals surface area contributed by atoms with E-state index in [9.17, 15) is 0 Å². The van der Waals surface area contributed by atoms with Crippen LogP contribution in [0.25, 0.3) is 0 Å². The third kappa shape index (κ3) is 3.72. The van der Waals surface area contributed by atoms with Crippen molar-refractivity contribution in [1.82, 2.24) is 10.2 Å². The molecule has 112 valence electrons. The average Bonchev–Trinajstić information content (AvgIpc) is 2.89. The fraction of sp³-hybridized carbons (Fsp3) is 1.00. The van der Waals surface area contributed by atoms with Crippen molar-refractivity contribution in [3.05, 3.63) is 0 Å². The Hall–Kier alpha value is -0.0800. The summed E-state index contributed by atoms with van der Waals surface area (Å²) in [4.78, 5) is 2.84. The molecule has 2 rings (SSSR count). The van der Waals surface area contributed by atoms with E-state index in [1.54, 1.807) is 0 Å². The molecule has 1 aliphatic heterocycles. The Morgan fingerprint density at radius 1 is 1.16 bits per heavy atom. The van der Waals surface area contributed by atoms with Gasteiger partial charge >= 0.3 is 0 Å². The van der Waals surface area contributed by atoms with Crippen molar-refractivity contribution in [1.29, 1.82) is 0 Å². The Morgan fingerprint density at radius 2 is 1.89 bits per heavy atom. The fourth-order valence-corrected chi connectivity index (χ4v) is 4.25. The summed E-state index contributed by atoms with van der Waals surface area (Å²) < 4.78 is 0. The van der Waals surface area contributed by atoms with Crippen molar-refractivity contribution in [2.75, 3.05) is 19.6 Å². The van der Waals surface area contributed by atoms with E-state index in [0.29, 0.717) is 5.41 Å². The van der Waals surface area contributed by atoms with E-state index in [0.717, 1.165) is 12.1 Å². The third-order valence-electron chi connectivity index (χ3n) is 5.67. The summed E-state index contributed by atoms with van der Waals surface area (Å²) in [6, 6.07) is 1.51. The van der Waals surface area contributed by atoms with Gasteiger partial charge in [0.15, 0.2) is 0 Å². The van der Waals surface area contributed by atoms with Crippen LogP contribution in [-0.2, 0) is 0 Å². The molecule has 2 unspecified atom stereocenters. The highest BCUT2D eigenvalue weighted by Gasteiger charge is 2.37. The van der Waals surface area contributed by atoms with Crippen LogP contribution in [0.3, 0.4) is 0 Å². The molecule has 1 saturated heterocycles. The Balaban J connectivity index is 1.97. The Labute approximate surface area is 120 Å². The molecule has 0 aromatic heterocycles. The van der Waals surface area contributed by atoms with Crippen LogP contribution in [0.2, 0.25) is 0 Å². The van der Waals surface area contributed by atoms with Crippen molar-refractivity contribution < 1.29 is 0 Å². The molecule has 2 heteroatoms. The number of hydrogen-bond acceptors (Lipinski definition) is 2. The smallest absolute Gasteiger partial charge is 0.0219 e. The van der Waals surface area contributed by atoms with E-state index >= 15 is 0 Å². The molecule has 2 aliphatic rings. The molecule has 0 aromatic carbocycles. The Bertz CT molecular complexity index is 258. The molecule has 2 nitrogen and oxygen atoms in total. The van der Waals surface area contributed by atoms with Gasteiger partial charge in [0.25, 0.3) is 0 Å². The summed E-state index contributed by atoms with van der Waals surface area (Å²) in [6.45, 7) is 10.9. The van der Waals surface area contributed by atoms with Gasteiger partial charge in [0, 0.05) is 31.7 Å². The maximum absolute atomic E-state index is 3.76. The van der Waals surface area contributed by atoms with E-state index in [4.69, 9.17) is 0 Å². The van der Waals surface area contributed by atoms with E-state index in [1.165, 1.54) is 71.0 Å². The first-order chi connectivity index (χ1) is 9.23. The summed E-state index contributed by atoms with van der Waals surface area (Å²) in [5.74, 6) is 0. The molecule has 1 aliphatic carbocycles. The van der Waals surface area contributed by atoms with Crippen LogP contribution in [0.1, 0.15) is 72.1 Å². The van der Waals surface area contributed by atoms with Crippen molar-refractivity contribution in [2.24, 2.45) is 5.41 Å². The molecule has 2 atom stereocenters. The lowest BCUT2D eigenvalue weighted by Gasteiger charge is -2.44. The zero-order valence-electron chi connectivity index (χ0n) is 13.4. The quantitative estimate of drug-likeness (QED) is 0.786. The topological polar surface area (TPSA) is 15.3 Å². The van der Waals surface area contributed by atoms with E-state index in [2.05, 4.69) is 31.0 Å². The van der Waals surface area contributed by atoms with Crippen molar-refractivity contribution in [3.8, 4) is 0 Å². The zero-order valence-corrected chi connectivity index (χ0v) is 13.4. The first-order valence-electron chi connectivity index (χ1n) is 8.70. The molecule has 1 saturated carbocycles. The van der Waals surface area contributed by atoms with Gasteiger partial charge in [0.05, 0.1) is 0 Å². The monoisotopic (exact) mass is 266 g/mol. The summed E-state index contributed by atoms with van der Waals surface area (Å²) >= 11 is 0. The number of rotatable bonds is 6. The minimum atomic E-state index is 0.654. The molecule has 1 heterocycles. The van der Waals surface area contributed by atoms with Gasteiger partial charge < -0.3 is 5.32 Å². The van der Waals surface area contributed by atoms with Crippen LogP contribution >= 0.6 is 0 Å². The number of nitrogens with zero attached hydrogens (tertiary/aromatic N) is 1. The second-order valence-corrected chi connectivity index (χ2v) is 6.95. The third-order valence-corrected chi connectivity index (χ3v) is 5.67. The van der Waals surface area contributed by atoms with Gasteiger partial charge in [-0.1, -0.05) is 40.0 Å². The highest BCUT2D eigenvalue weighted by molar-refractivity contribution is 4.92. The second-order valence-electron chi connectivity index (χ2n) is 6.95. The maximum atomic E-state index is 3.76. The van der Waals surface area contributed by atoms with E-state index in [-0.39, 0.29) is 0 Å². The van der Waals surface area contributed by atoms with Crippen LogP contribution in [0.15, 0.2) is 0 Å². The lowest BCUT2D eigenvalue weighted by molar-refractivity contribution is 0.0655. The van der Waals surface area contributed by atoms with Crippen LogP contribution < -0.4 is 5.32 Å². The molecule has 0 radical (unpaired) electrons. The molecule has 19 heavy (non-hydrogen) atoms. The summed E-state index contributed by atoms with van der Waals surface area (Å²) in [5, 5.41) is 3.76. The fourth-order valence-electron chi connectivity index (χ4n) is 4.25. The lowest BCUT2D eigenvalue weighted by atomic mass is 9.82. The predicted molar refractivity (Wildman–Crippen MR) is 83.5 cm³/mol. The van der Waals surface area contributed by atoms with Gasteiger partial charge in [-0.2, -0.15) is 0 Å². The summed E-state index contributed by atoms with van der Waals surface area (Å²) in [6.07, 6.45) is 11.2. The first-order valence-corrected chi connectivity index (χ1v) is 8.70. The molecule has 1 N–H and O–H groups in total. The summed E-state index contributed by atoms with van der Waals surface area (Å²) in [7, 11) is 0. The van der Waals surface area contributed by atoms with Crippen LogP contribution in [0.5, 0.6) is 0 Å². The minimum absolute atomic E-state index is 0.654. The van der Waals surface area contributed by atoms with Gasteiger partial charge in [-0.05, 0) is 37.5 Å². The first kappa shape index (κ1) is 15.3. The van der Waals surface area contributed by atoms with Gasteiger partial charge in [0.2, 0.25) is 0 Å². The number of hydrogen-bond donors (Lipinski definition) is 1. The largest absolute Gasteiger partial charge is 0.311 e. The average molecular weight is 266 g/mol. The normalized spacial score (nSPS) is 31.7. The molecular weight excluding hydrogens is 232 g/mol. The Morgan fingerprint density at radius 3 is 2.47 bits per heavy atom. The molecule has 0 spiro atoms. The van der Waals surface area contributed by atoms with Crippen LogP contribution in [-0.4, -0.2) is 36.6 Å². The van der Waals surface area contributed by atoms with Gasteiger partial charge in [0.1, 0.15) is 0 Å². The van der Waals surface area contributed by atoms with Crippen molar-refractivity contribution in [2.45, 2.75) is 84.2 Å². The lowest BCUT2D eigenvalue weighted by Crippen LogP contribution is -2.58. The minimum Gasteiger partial charge on any atom is -0.311 e. The van der Waals surface area contributed by atoms with Crippen LogP contribution in [0.4, 0.5) is 0 Å². The second kappa shape index (κ2) is 7.08. The standard InChI is InChI=1S/C17H34N2/c1-4-9-15-13-19(16(5-2)12-18-15)14-17(6-3)10-7-8-11-17/h15-16,18H,4-14H2,1-3H3. The van der Waals surface area contributed by atoms with Gasteiger partial charge in [-0.25, -0.2) is 0 Å². The molecule has 2 fully saturated rings. The van der Waals surface area contributed by atoms with E-state index < -0.39 is 0 Å². The predicted octanol–water partition coefficient (Wildman–Crippen LogP) is 3.81. The molecule has 0 bridgehead atoms. The molecule has 0 aromatic rings. The summed E-state index contributed by atoms with van der Waals surface area (Å²) in [5.41, 5.74) is 0.654. The number of nitrogens with one attached hydrogen (secondary N) is 1. The van der Waals surface area contributed by atoms with Gasteiger partial charge in [-0.15, -0.1) is 0 Å². The highest BCUT2D eigenvalue weighted by atomic mass is 15.2. The molecular formula is C17H34N2. The van der Waals surface area contributed by atoms with Crippen LogP contribution in [0, 0.1) is 5.41 Å². The zero-order chi connectivity index (χ0) is 13.7. The SMILES string of the molecule is CCCC1CN(CC2(CC)CCCC2)C(CC)CN1. The molecule has 0 amide bonds. The van der Waals surface area contributed by atoms with Crippen molar-refractivity contribution >= 4 is 0 Å². The van der Waals surface area contributed by atoms with Gasteiger partial charge in [-0.3, -0.25) is 4.90 Å². The number of piperazine rings is 1. The van der Waals surface area contributed by atoms with E-state index in [1.807, 2.05) is 0 Å².